The van der Waals surface area contributed by atoms with Crippen molar-refractivity contribution < 1.29 is 33.4 Å². The number of methoxy groups -OCH3 is 2. The van der Waals surface area contributed by atoms with Crippen LogP contribution in [-0.4, -0.2) is 80.8 Å². The molecule has 3 heterocycles. The number of amides is 2. The second-order valence-electron chi connectivity index (χ2n) is 9.90. The van der Waals surface area contributed by atoms with Crippen LogP contribution in [0.3, 0.4) is 0 Å². The van der Waals surface area contributed by atoms with Gasteiger partial charge in [-0.15, -0.1) is 0 Å². The molecule has 0 radical (unpaired) electrons. The molecule has 0 aliphatic carbocycles. The summed E-state index contributed by atoms with van der Waals surface area (Å²) in [5.41, 5.74) is 3.01. The average Bonchev–Trinajstić information content (AvgIpc) is 3.24. The Labute approximate surface area is 239 Å². The second-order valence-corrected chi connectivity index (χ2v) is 9.90. The number of ether oxygens (including phenoxy) is 4. The van der Waals surface area contributed by atoms with Crippen molar-refractivity contribution in [2.45, 2.75) is 45.2 Å². The van der Waals surface area contributed by atoms with Crippen molar-refractivity contribution in [2.75, 3.05) is 34.5 Å². The Morgan fingerprint density at radius 1 is 0.829 bits per heavy atom. The van der Waals surface area contributed by atoms with Gasteiger partial charge < -0.3 is 23.8 Å². The van der Waals surface area contributed by atoms with Gasteiger partial charge in [0.1, 0.15) is 0 Å². The van der Waals surface area contributed by atoms with E-state index in [-0.39, 0.29) is 23.9 Å². The van der Waals surface area contributed by atoms with Gasteiger partial charge in [0.15, 0.2) is 23.0 Å². The number of nitrogens with zero attached hydrogens (tertiary/aromatic N) is 4. The van der Waals surface area contributed by atoms with Crippen molar-refractivity contribution in [3.8, 4) is 23.0 Å². The van der Waals surface area contributed by atoms with Crippen molar-refractivity contribution >= 4 is 35.6 Å². The molecule has 0 bridgehead atoms. The van der Waals surface area contributed by atoms with Crippen molar-refractivity contribution in [3.63, 3.8) is 0 Å². The summed E-state index contributed by atoms with van der Waals surface area (Å²) < 4.78 is 23.0. The Morgan fingerprint density at radius 2 is 1.41 bits per heavy atom. The molecule has 2 aromatic carbocycles. The lowest BCUT2D eigenvalue weighted by Gasteiger charge is -2.24. The number of benzene rings is 2. The van der Waals surface area contributed by atoms with E-state index in [0.29, 0.717) is 71.6 Å². The monoisotopic (exact) mass is 562 g/mol. The predicted molar refractivity (Wildman–Crippen MR) is 153 cm³/mol. The summed E-state index contributed by atoms with van der Waals surface area (Å²) in [7, 11) is 4.52. The van der Waals surface area contributed by atoms with E-state index in [0.717, 1.165) is 12.0 Å². The lowest BCUT2D eigenvalue weighted by Crippen LogP contribution is -2.39. The van der Waals surface area contributed by atoms with E-state index in [4.69, 9.17) is 23.8 Å². The van der Waals surface area contributed by atoms with Crippen LogP contribution < -0.4 is 18.9 Å². The predicted octanol–water partition coefficient (Wildman–Crippen LogP) is 4.88. The standard InChI is InChI=1S/C30H34N4O7/c1-6-19-15-31-24-14-28(26(38-4)12-22(24)30(36)34(19)39-5)41-9-7-8-40-27-13-23-21(11-25(27)37-3)29(35)33-17-18(2)10-20(33)16-32-23/h11-17,19-20H,6-10H2,1-5H3/t19-,20-/m0/s1. The van der Waals surface area contributed by atoms with E-state index in [9.17, 15) is 9.59 Å². The molecule has 2 atom stereocenters. The number of fused-ring (bicyclic) bond motifs is 3. The van der Waals surface area contributed by atoms with Gasteiger partial charge in [0.05, 0.1) is 69.1 Å². The number of rotatable bonds is 10. The van der Waals surface area contributed by atoms with Crippen LogP contribution in [0.1, 0.15) is 53.8 Å². The van der Waals surface area contributed by atoms with Crippen LogP contribution in [-0.2, 0) is 4.84 Å². The molecule has 216 valence electrons. The smallest absolute Gasteiger partial charge is 0.280 e. The molecule has 5 rings (SSSR count). The molecule has 11 heteroatoms. The van der Waals surface area contributed by atoms with Crippen LogP contribution in [0.15, 0.2) is 46.0 Å². The fourth-order valence-electron chi connectivity index (χ4n) is 5.06. The number of hydrogen-bond acceptors (Lipinski definition) is 9. The quantitative estimate of drug-likeness (QED) is 0.379. The fraction of sp³-hybridized carbons (Fsp3) is 0.400. The van der Waals surface area contributed by atoms with E-state index in [2.05, 4.69) is 9.98 Å². The largest absolute Gasteiger partial charge is 0.493 e. The van der Waals surface area contributed by atoms with Gasteiger partial charge >= 0.3 is 0 Å². The molecule has 3 aliphatic rings. The molecule has 2 amide bonds. The molecule has 0 unspecified atom stereocenters. The molecule has 41 heavy (non-hydrogen) atoms. The topological polar surface area (TPSA) is 111 Å². The third kappa shape index (κ3) is 5.49. The molecule has 0 N–H and O–H groups in total. The first-order valence-corrected chi connectivity index (χ1v) is 13.5. The average molecular weight is 563 g/mol. The first-order valence-electron chi connectivity index (χ1n) is 13.5. The van der Waals surface area contributed by atoms with Gasteiger partial charge in [0.2, 0.25) is 0 Å². The lowest BCUT2D eigenvalue weighted by molar-refractivity contribution is -0.107. The van der Waals surface area contributed by atoms with Crippen LogP contribution in [0.25, 0.3) is 0 Å². The minimum absolute atomic E-state index is 0.0804. The molecule has 0 saturated heterocycles. The highest BCUT2D eigenvalue weighted by atomic mass is 16.7. The number of hydrogen-bond donors (Lipinski definition) is 0. The first-order chi connectivity index (χ1) is 19.9. The number of hydroxylamine groups is 2. The highest BCUT2D eigenvalue weighted by Gasteiger charge is 2.32. The summed E-state index contributed by atoms with van der Waals surface area (Å²) in [6.07, 6.45) is 7.36. The van der Waals surface area contributed by atoms with Gasteiger partial charge in [0.25, 0.3) is 11.8 Å². The highest BCUT2D eigenvalue weighted by Crippen LogP contribution is 2.39. The zero-order valence-corrected chi connectivity index (χ0v) is 23.9. The summed E-state index contributed by atoms with van der Waals surface area (Å²) in [5, 5.41) is 1.31. The molecule has 3 aliphatic heterocycles. The minimum atomic E-state index is -0.294. The van der Waals surface area contributed by atoms with Gasteiger partial charge in [0, 0.05) is 37.2 Å². The summed E-state index contributed by atoms with van der Waals surface area (Å²) in [5.74, 6) is 1.43. The van der Waals surface area contributed by atoms with Crippen LogP contribution in [0.2, 0.25) is 0 Å². The van der Waals surface area contributed by atoms with Crippen molar-refractivity contribution in [3.05, 3.63) is 47.2 Å². The number of aliphatic imine (C=N–C) groups is 2. The first kappa shape index (κ1) is 28.2. The maximum absolute atomic E-state index is 13.2. The van der Waals surface area contributed by atoms with Gasteiger partial charge in [-0.25, -0.2) is 5.06 Å². The third-order valence-electron chi connectivity index (χ3n) is 7.20. The molecule has 11 nitrogen and oxygen atoms in total. The zero-order chi connectivity index (χ0) is 29.1. The maximum atomic E-state index is 13.2. The summed E-state index contributed by atoms with van der Waals surface area (Å²) >= 11 is 0. The van der Waals surface area contributed by atoms with Gasteiger partial charge in [-0.05, 0) is 31.9 Å². The molecule has 0 fully saturated rings. The molecule has 0 spiro atoms. The number of carbonyl (C=O) groups is 2. The Bertz CT molecular complexity index is 1430. The normalized spacial score (nSPS) is 19.2. The lowest BCUT2D eigenvalue weighted by atomic mass is 10.1. The molecule has 0 saturated carbocycles. The minimum Gasteiger partial charge on any atom is -0.493 e. The Kier molecular flexibility index (Phi) is 8.25. The van der Waals surface area contributed by atoms with Gasteiger partial charge in [-0.2, -0.15) is 0 Å². The fourth-order valence-corrected chi connectivity index (χ4v) is 5.06. The maximum Gasteiger partial charge on any atom is 0.280 e. The van der Waals surface area contributed by atoms with Gasteiger partial charge in [-0.3, -0.25) is 24.4 Å². The van der Waals surface area contributed by atoms with Crippen molar-refractivity contribution in [2.24, 2.45) is 9.98 Å². The van der Waals surface area contributed by atoms with Gasteiger partial charge in [-0.1, -0.05) is 12.5 Å². The van der Waals surface area contributed by atoms with Crippen molar-refractivity contribution in [1.82, 2.24) is 9.96 Å². The second kappa shape index (κ2) is 12.0. The SMILES string of the molecule is CC[C@H]1C=Nc2cc(OCCCOc3cc4c(cc3OC)C(=O)N3C=C(C)C[C@H]3C=N4)c(OC)cc2C(=O)N1OC. The molecule has 2 aromatic rings. The number of carbonyl (C=O) groups excluding carboxylic acids is 2. The third-order valence-corrected chi connectivity index (χ3v) is 7.20. The Balaban J connectivity index is 1.25. The molecular weight excluding hydrogens is 528 g/mol. The summed E-state index contributed by atoms with van der Waals surface area (Å²) in [6, 6.07) is 6.37. The van der Waals surface area contributed by atoms with E-state index >= 15 is 0 Å². The summed E-state index contributed by atoms with van der Waals surface area (Å²) in [4.78, 5) is 42.4. The zero-order valence-electron chi connectivity index (χ0n) is 23.9. The summed E-state index contributed by atoms with van der Waals surface area (Å²) in [6.45, 7) is 4.61. The molecular formula is C30H34N4O7. The van der Waals surface area contributed by atoms with Crippen molar-refractivity contribution in [1.29, 1.82) is 0 Å². The van der Waals surface area contributed by atoms with E-state index < -0.39 is 0 Å². The van der Waals surface area contributed by atoms with E-state index in [1.807, 2.05) is 26.3 Å². The van der Waals surface area contributed by atoms with E-state index in [1.54, 1.807) is 35.4 Å². The Hall–Kier alpha value is -4.38. The highest BCUT2D eigenvalue weighted by molar-refractivity contribution is 6.04. The Morgan fingerprint density at radius 3 is 1.98 bits per heavy atom. The van der Waals surface area contributed by atoms with Crippen LogP contribution in [0, 0.1) is 0 Å². The van der Waals surface area contributed by atoms with E-state index in [1.165, 1.54) is 26.4 Å². The van der Waals surface area contributed by atoms with Crippen LogP contribution in [0.4, 0.5) is 11.4 Å². The van der Waals surface area contributed by atoms with Crippen LogP contribution >= 0.6 is 0 Å². The molecule has 0 aromatic heterocycles. The van der Waals surface area contributed by atoms with Crippen LogP contribution in [0.5, 0.6) is 23.0 Å².